The Morgan fingerprint density at radius 1 is 1.04 bits per heavy atom. The van der Waals surface area contributed by atoms with Gasteiger partial charge in [0.15, 0.2) is 0 Å². The summed E-state index contributed by atoms with van der Waals surface area (Å²) in [5, 5.41) is 4.50. The molecule has 0 fully saturated rings. The van der Waals surface area contributed by atoms with E-state index in [1.165, 1.54) is 29.5 Å². The standard InChI is InChI=1S/C13H6Cl3N2O2S3/c14-7-1-2-8(15)11(5-7)23(19,20)18-13-17-10(6-22-13)12-9(16)3-4-21-12/h1-6H/q-1. The van der Waals surface area contributed by atoms with E-state index in [1.54, 1.807) is 11.4 Å². The monoisotopic (exact) mass is 423 g/mol. The Morgan fingerprint density at radius 2 is 1.83 bits per heavy atom. The Morgan fingerprint density at radius 3 is 2.52 bits per heavy atom. The van der Waals surface area contributed by atoms with Gasteiger partial charge in [0.25, 0.3) is 0 Å². The van der Waals surface area contributed by atoms with Gasteiger partial charge in [-0.3, -0.25) is 0 Å². The molecule has 2 heterocycles. The lowest BCUT2D eigenvalue weighted by molar-refractivity contribution is 0.603. The van der Waals surface area contributed by atoms with Gasteiger partial charge in [-0.2, -0.15) is 11.3 Å². The van der Waals surface area contributed by atoms with Crippen LogP contribution in [-0.2, 0) is 10.0 Å². The van der Waals surface area contributed by atoms with Crippen LogP contribution in [0.4, 0.5) is 5.13 Å². The van der Waals surface area contributed by atoms with Crippen molar-refractivity contribution in [3.8, 4) is 10.6 Å². The Hall–Kier alpha value is -0.830. The third kappa shape index (κ3) is 3.65. The maximum absolute atomic E-state index is 12.4. The van der Waals surface area contributed by atoms with Crippen molar-refractivity contribution < 1.29 is 8.42 Å². The first kappa shape index (κ1) is 17.0. The molecule has 2 aromatic heterocycles. The van der Waals surface area contributed by atoms with Crippen LogP contribution in [0, 0.1) is 0 Å². The van der Waals surface area contributed by atoms with E-state index in [9.17, 15) is 8.42 Å². The fourth-order valence-electron chi connectivity index (χ4n) is 1.71. The normalized spacial score (nSPS) is 11.6. The van der Waals surface area contributed by atoms with Gasteiger partial charge < -0.3 is 9.71 Å². The molecule has 3 aromatic rings. The summed E-state index contributed by atoms with van der Waals surface area (Å²) in [6, 6.07) is 5.92. The number of sulfonamides is 1. The van der Waals surface area contributed by atoms with Crippen LogP contribution in [-0.4, -0.2) is 13.4 Å². The second-order valence-corrected chi connectivity index (χ2v) is 8.83. The van der Waals surface area contributed by atoms with Crippen LogP contribution in [0.3, 0.4) is 0 Å². The Labute approximate surface area is 155 Å². The molecule has 0 unspecified atom stereocenters. The maximum atomic E-state index is 12.4. The second-order valence-electron chi connectivity index (χ2n) is 4.25. The number of thiazole rings is 1. The molecular formula is C13H6Cl3N2O2S3-. The maximum Gasteiger partial charge on any atom is 0.204 e. The molecule has 0 amide bonds. The third-order valence-electron chi connectivity index (χ3n) is 2.71. The minimum atomic E-state index is -4.01. The molecule has 0 radical (unpaired) electrons. The molecule has 23 heavy (non-hydrogen) atoms. The first-order valence-electron chi connectivity index (χ1n) is 5.99. The highest BCUT2D eigenvalue weighted by Crippen LogP contribution is 2.39. The Bertz CT molecular complexity index is 967. The molecular weight excluding hydrogens is 419 g/mol. The van der Waals surface area contributed by atoms with Crippen molar-refractivity contribution in [2.45, 2.75) is 4.90 Å². The van der Waals surface area contributed by atoms with Gasteiger partial charge in [0, 0.05) is 15.0 Å². The van der Waals surface area contributed by atoms with E-state index in [2.05, 4.69) is 9.71 Å². The molecule has 0 saturated heterocycles. The number of hydrogen-bond acceptors (Lipinski definition) is 5. The molecule has 120 valence electrons. The SMILES string of the molecule is O=S(=O)([N-]c1nc(-c2sccc2Cl)cs1)c1cc(Cl)ccc1Cl. The van der Waals surface area contributed by atoms with Crippen LogP contribution in [0.5, 0.6) is 0 Å². The average molecular weight is 425 g/mol. The summed E-state index contributed by atoms with van der Waals surface area (Å²) < 4.78 is 28.5. The summed E-state index contributed by atoms with van der Waals surface area (Å²) in [5.74, 6) is 0. The molecule has 0 atom stereocenters. The summed E-state index contributed by atoms with van der Waals surface area (Å²) in [6.45, 7) is 0. The number of aromatic nitrogens is 1. The molecule has 0 spiro atoms. The van der Waals surface area contributed by atoms with Crippen molar-refractivity contribution in [1.29, 1.82) is 0 Å². The zero-order chi connectivity index (χ0) is 16.6. The molecule has 0 bridgehead atoms. The Kier molecular flexibility index (Phi) is 4.87. The molecule has 0 aliphatic rings. The molecule has 1 aromatic carbocycles. The average Bonchev–Trinajstić information content (AvgIpc) is 3.09. The van der Waals surface area contributed by atoms with Crippen molar-refractivity contribution in [2.75, 3.05) is 0 Å². The smallest absolute Gasteiger partial charge is 0.204 e. The third-order valence-corrected chi connectivity index (χ3v) is 6.91. The summed E-state index contributed by atoms with van der Waals surface area (Å²) in [5.41, 5.74) is 0.584. The van der Waals surface area contributed by atoms with E-state index in [0.717, 1.165) is 16.2 Å². The van der Waals surface area contributed by atoms with Crippen molar-refractivity contribution in [1.82, 2.24) is 4.98 Å². The predicted octanol–water partition coefficient (Wildman–Crippen LogP) is 6.23. The van der Waals surface area contributed by atoms with Crippen molar-refractivity contribution in [3.63, 3.8) is 0 Å². The summed E-state index contributed by atoms with van der Waals surface area (Å²) in [4.78, 5) is 4.81. The van der Waals surface area contributed by atoms with Gasteiger partial charge in [0.1, 0.15) is 0 Å². The summed E-state index contributed by atoms with van der Waals surface area (Å²) in [7, 11) is -4.01. The highest BCUT2D eigenvalue weighted by molar-refractivity contribution is 7.94. The van der Waals surface area contributed by atoms with Gasteiger partial charge in [-0.15, -0.1) is 11.3 Å². The van der Waals surface area contributed by atoms with Crippen molar-refractivity contribution in [2.24, 2.45) is 0 Å². The number of nitrogens with zero attached hydrogens (tertiary/aromatic N) is 2. The number of thiophene rings is 1. The molecule has 0 aliphatic heterocycles. The molecule has 3 rings (SSSR count). The molecule has 4 nitrogen and oxygen atoms in total. The van der Waals surface area contributed by atoms with Crippen LogP contribution in [0.1, 0.15) is 0 Å². The first-order chi connectivity index (χ1) is 10.9. The van der Waals surface area contributed by atoms with Gasteiger partial charge >= 0.3 is 0 Å². The molecule has 10 heteroatoms. The molecule has 0 saturated carbocycles. The van der Waals surface area contributed by atoms with Crippen LogP contribution in [0.25, 0.3) is 15.3 Å². The van der Waals surface area contributed by atoms with E-state index in [0.29, 0.717) is 10.7 Å². The zero-order valence-corrected chi connectivity index (χ0v) is 15.8. The van der Waals surface area contributed by atoms with Crippen LogP contribution in [0.2, 0.25) is 15.1 Å². The van der Waals surface area contributed by atoms with Gasteiger partial charge in [0.2, 0.25) is 10.0 Å². The fourth-order valence-corrected chi connectivity index (χ4v) is 5.49. The molecule has 0 N–H and O–H groups in total. The van der Waals surface area contributed by atoms with E-state index in [-0.39, 0.29) is 20.1 Å². The van der Waals surface area contributed by atoms with Gasteiger partial charge in [-0.05, 0) is 40.7 Å². The quantitative estimate of drug-likeness (QED) is 0.499. The lowest BCUT2D eigenvalue weighted by Gasteiger charge is -2.13. The minimum absolute atomic E-state index is 0.0521. The lowest BCUT2D eigenvalue weighted by atomic mass is 10.4. The van der Waals surface area contributed by atoms with E-state index in [1.807, 2.05) is 5.38 Å². The van der Waals surface area contributed by atoms with E-state index in [4.69, 9.17) is 34.8 Å². The van der Waals surface area contributed by atoms with E-state index < -0.39 is 10.0 Å². The zero-order valence-electron chi connectivity index (χ0n) is 11.0. The van der Waals surface area contributed by atoms with Crippen molar-refractivity contribution in [3.05, 3.63) is 54.8 Å². The second kappa shape index (κ2) is 6.58. The summed E-state index contributed by atoms with van der Waals surface area (Å²) >= 11 is 20.3. The topological polar surface area (TPSA) is 61.1 Å². The van der Waals surface area contributed by atoms with Crippen LogP contribution < -0.4 is 0 Å². The number of benzene rings is 1. The number of halogens is 3. The Balaban J connectivity index is 1.91. The van der Waals surface area contributed by atoms with Crippen LogP contribution in [0.15, 0.2) is 39.9 Å². The predicted molar refractivity (Wildman–Crippen MR) is 97.1 cm³/mol. The fraction of sp³-hybridized carbons (Fsp3) is 0. The van der Waals surface area contributed by atoms with Gasteiger partial charge in [-0.25, -0.2) is 8.42 Å². The number of rotatable bonds is 4. The van der Waals surface area contributed by atoms with Crippen LogP contribution >= 0.6 is 57.5 Å². The molecule has 0 aliphatic carbocycles. The van der Waals surface area contributed by atoms with Gasteiger partial charge in [0.05, 0.1) is 14.9 Å². The van der Waals surface area contributed by atoms with Gasteiger partial charge in [-0.1, -0.05) is 34.8 Å². The largest absolute Gasteiger partial charge is 0.425 e. The highest BCUT2D eigenvalue weighted by atomic mass is 35.5. The minimum Gasteiger partial charge on any atom is -0.425 e. The van der Waals surface area contributed by atoms with E-state index >= 15 is 0 Å². The lowest BCUT2D eigenvalue weighted by Crippen LogP contribution is -1.98. The highest BCUT2D eigenvalue weighted by Gasteiger charge is 2.16. The number of hydrogen-bond donors (Lipinski definition) is 0. The van der Waals surface area contributed by atoms with Crippen molar-refractivity contribution >= 4 is 72.6 Å². The first-order valence-corrected chi connectivity index (χ1v) is 10.3. The summed E-state index contributed by atoms with van der Waals surface area (Å²) in [6.07, 6.45) is 0.